The van der Waals surface area contributed by atoms with E-state index in [9.17, 15) is 0 Å². The summed E-state index contributed by atoms with van der Waals surface area (Å²) in [6.45, 7) is 7.86. The fourth-order valence-electron chi connectivity index (χ4n) is 1.61. The molecule has 0 aliphatic heterocycles. The number of hydrogen-bond donors (Lipinski definition) is 1. The summed E-state index contributed by atoms with van der Waals surface area (Å²) in [6.07, 6.45) is 1.38. The van der Waals surface area contributed by atoms with Gasteiger partial charge in [0.05, 0.1) is 6.21 Å². The first-order valence-corrected chi connectivity index (χ1v) is 5.93. The average molecular weight is 273 g/mol. The van der Waals surface area contributed by atoms with Gasteiger partial charge in [-0.25, -0.2) is 0 Å². The summed E-state index contributed by atoms with van der Waals surface area (Å²) >= 11 is 0. The van der Waals surface area contributed by atoms with Crippen LogP contribution in [0.2, 0.25) is 0 Å². The molecule has 0 radical (unpaired) electrons. The monoisotopic (exact) mass is 272 g/mol. The Morgan fingerprint density at radius 1 is 1.28 bits per heavy atom. The smallest absolute Gasteiger partial charge is 0.128 e. The molecule has 0 atom stereocenters. The Balaban J connectivity index is 0.00000289. The van der Waals surface area contributed by atoms with Crippen molar-refractivity contribution in [3.63, 3.8) is 0 Å². The summed E-state index contributed by atoms with van der Waals surface area (Å²) in [7, 11) is 0. The number of benzene rings is 1. The van der Waals surface area contributed by atoms with Crippen LogP contribution in [0.4, 0.5) is 0 Å². The number of rotatable bonds is 7. The summed E-state index contributed by atoms with van der Waals surface area (Å²) in [4.78, 5) is 2.29. The number of halogens is 1. The SMILES string of the molecule is CCN(CC)CCOc1ccccc1/C=N/O.Cl. The normalized spacial score (nSPS) is 10.6. The van der Waals surface area contributed by atoms with E-state index in [4.69, 9.17) is 9.94 Å². The van der Waals surface area contributed by atoms with Crippen molar-refractivity contribution in [2.24, 2.45) is 5.16 Å². The van der Waals surface area contributed by atoms with Crippen molar-refractivity contribution in [1.82, 2.24) is 4.90 Å². The third kappa shape index (κ3) is 5.38. The molecule has 0 aliphatic rings. The molecule has 1 rings (SSSR count). The molecule has 0 spiro atoms. The Bertz CT molecular complexity index is 355. The molecule has 0 heterocycles. The maximum absolute atomic E-state index is 8.54. The van der Waals surface area contributed by atoms with Gasteiger partial charge in [-0.3, -0.25) is 0 Å². The van der Waals surface area contributed by atoms with Gasteiger partial charge in [0.2, 0.25) is 0 Å². The second-order valence-corrected chi connectivity index (χ2v) is 3.66. The molecule has 0 saturated carbocycles. The van der Waals surface area contributed by atoms with E-state index in [2.05, 4.69) is 23.9 Å². The van der Waals surface area contributed by atoms with Crippen molar-refractivity contribution in [2.45, 2.75) is 13.8 Å². The number of para-hydroxylation sites is 1. The predicted octanol–water partition coefficient (Wildman–Crippen LogP) is 2.64. The van der Waals surface area contributed by atoms with E-state index in [1.165, 1.54) is 6.21 Å². The molecule has 0 aliphatic carbocycles. The van der Waals surface area contributed by atoms with Gasteiger partial charge in [-0.05, 0) is 25.2 Å². The molecule has 4 nitrogen and oxygen atoms in total. The van der Waals surface area contributed by atoms with Crippen LogP contribution < -0.4 is 4.74 Å². The molecule has 0 aromatic heterocycles. The highest BCUT2D eigenvalue weighted by Gasteiger charge is 2.02. The molecular formula is C13H21ClN2O2. The van der Waals surface area contributed by atoms with Gasteiger partial charge in [-0.15, -0.1) is 12.4 Å². The van der Waals surface area contributed by atoms with Gasteiger partial charge in [0, 0.05) is 12.1 Å². The first-order valence-electron chi connectivity index (χ1n) is 5.93. The lowest BCUT2D eigenvalue weighted by molar-refractivity contribution is 0.222. The van der Waals surface area contributed by atoms with Crippen LogP contribution in [0.15, 0.2) is 29.4 Å². The quantitative estimate of drug-likeness (QED) is 0.471. The predicted molar refractivity (Wildman–Crippen MR) is 76.4 cm³/mol. The minimum Gasteiger partial charge on any atom is -0.492 e. The molecule has 18 heavy (non-hydrogen) atoms. The molecular weight excluding hydrogens is 252 g/mol. The van der Waals surface area contributed by atoms with Crippen molar-refractivity contribution >= 4 is 18.6 Å². The number of oxime groups is 1. The van der Waals surface area contributed by atoms with E-state index in [-0.39, 0.29) is 12.4 Å². The zero-order valence-corrected chi connectivity index (χ0v) is 11.7. The highest BCUT2D eigenvalue weighted by atomic mass is 35.5. The second-order valence-electron chi connectivity index (χ2n) is 3.66. The maximum Gasteiger partial charge on any atom is 0.128 e. The van der Waals surface area contributed by atoms with Crippen LogP contribution in [0.25, 0.3) is 0 Å². The van der Waals surface area contributed by atoms with E-state index in [1.807, 2.05) is 24.3 Å². The van der Waals surface area contributed by atoms with E-state index >= 15 is 0 Å². The van der Waals surface area contributed by atoms with Gasteiger partial charge in [-0.2, -0.15) is 0 Å². The molecule has 102 valence electrons. The fraction of sp³-hybridized carbons (Fsp3) is 0.462. The Hall–Kier alpha value is -1.26. The zero-order valence-electron chi connectivity index (χ0n) is 10.9. The average Bonchev–Trinajstić information content (AvgIpc) is 2.37. The van der Waals surface area contributed by atoms with Crippen molar-refractivity contribution in [1.29, 1.82) is 0 Å². The third-order valence-corrected chi connectivity index (χ3v) is 2.68. The lowest BCUT2D eigenvalue weighted by Crippen LogP contribution is -2.28. The Kier molecular flexibility index (Phi) is 9.06. The molecule has 0 amide bonds. The van der Waals surface area contributed by atoms with Crippen molar-refractivity contribution in [2.75, 3.05) is 26.2 Å². The van der Waals surface area contributed by atoms with Crippen LogP contribution in [0, 0.1) is 0 Å². The minimum atomic E-state index is 0. The number of ether oxygens (including phenoxy) is 1. The number of nitrogens with zero attached hydrogens (tertiary/aromatic N) is 2. The standard InChI is InChI=1S/C13H20N2O2.ClH/c1-3-15(4-2)9-10-17-13-8-6-5-7-12(13)11-14-16;/h5-8,11,16H,3-4,9-10H2,1-2H3;1H/b14-11+;. The maximum atomic E-state index is 8.54. The summed E-state index contributed by atoms with van der Waals surface area (Å²) in [6, 6.07) is 7.52. The van der Waals surface area contributed by atoms with E-state index < -0.39 is 0 Å². The second kappa shape index (κ2) is 9.74. The highest BCUT2D eigenvalue weighted by molar-refractivity contribution is 5.85. The van der Waals surface area contributed by atoms with E-state index in [0.29, 0.717) is 6.61 Å². The Labute approximate surface area is 115 Å². The summed E-state index contributed by atoms with van der Waals surface area (Å²) < 4.78 is 5.68. The van der Waals surface area contributed by atoms with Gasteiger partial charge in [-0.1, -0.05) is 31.1 Å². The third-order valence-electron chi connectivity index (χ3n) is 2.68. The summed E-state index contributed by atoms with van der Waals surface area (Å²) in [5.74, 6) is 0.748. The Morgan fingerprint density at radius 2 is 1.94 bits per heavy atom. The van der Waals surface area contributed by atoms with Gasteiger partial charge in [0.15, 0.2) is 0 Å². The number of hydrogen-bond acceptors (Lipinski definition) is 4. The Morgan fingerprint density at radius 3 is 2.56 bits per heavy atom. The summed E-state index contributed by atoms with van der Waals surface area (Å²) in [5.41, 5.74) is 0.787. The largest absolute Gasteiger partial charge is 0.492 e. The van der Waals surface area contributed by atoms with Crippen molar-refractivity contribution < 1.29 is 9.94 Å². The first-order chi connectivity index (χ1) is 8.31. The van der Waals surface area contributed by atoms with Gasteiger partial charge in [0.25, 0.3) is 0 Å². The molecule has 1 N–H and O–H groups in total. The van der Waals surface area contributed by atoms with Crippen LogP contribution >= 0.6 is 12.4 Å². The topological polar surface area (TPSA) is 45.1 Å². The molecule has 0 unspecified atom stereocenters. The minimum absolute atomic E-state index is 0. The van der Waals surface area contributed by atoms with Crippen LogP contribution in [0.5, 0.6) is 5.75 Å². The van der Waals surface area contributed by atoms with Crippen LogP contribution in [-0.2, 0) is 0 Å². The van der Waals surface area contributed by atoms with Crippen LogP contribution in [-0.4, -0.2) is 42.6 Å². The van der Waals surface area contributed by atoms with Gasteiger partial charge < -0.3 is 14.8 Å². The molecule has 0 bridgehead atoms. The van der Waals surface area contributed by atoms with E-state index in [1.54, 1.807) is 0 Å². The highest BCUT2D eigenvalue weighted by Crippen LogP contribution is 2.15. The molecule has 5 heteroatoms. The van der Waals surface area contributed by atoms with Crippen LogP contribution in [0.1, 0.15) is 19.4 Å². The number of likely N-dealkylation sites (N-methyl/N-ethyl adjacent to an activating group) is 1. The van der Waals surface area contributed by atoms with Crippen LogP contribution in [0.3, 0.4) is 0 Å². The molecule has 0 saturated heterocycles. The van der Waals surface area contributed by atoms with Gasteiger partial charge >= 0.3 is 0 Å². The zero-order chi connectivity index (χ0) is 12.5. The van der Waals surface area contributed by atoms with Crippen molar-refractivity contribution in [3.05, 3.63) is 29.8 Å². The molecule has 1 aromatic carbocycles. The lowest BCUT2D eigenvalue weighted by Gasteiger charge is -2.18. The summed E-state index contributed by atoms with van der Waals surface area (Å²) in [5, 5.41) is 11.6. The first kappa shape index (κ1) is 16.7. The van der Waals surface area contributed by atoms with Crippen molar-refractivity contribution in [3.8, 4) is 5.75 Å². The molecule has 0 fully saturated rings. The van der Waals surface area contributed by atoms with Gasteiger partial charge in [0.1, 0.15) is 12.4 Å². The fourth-order valence-corrected chi connectivity index (χ4v) is 1.61. The lowest BCUT2D eigenvalue weighted by atomic mass is 10.2. The van der Waals surface area contributed by atoms with E-state index in [0.717, 1.165) is 30.9 Å². The molecule has 1 aromatic rings.